The van der Waals surface area contributed by atoms with Crippen molar-refractivity contribution in [3.63, 3.8) is 0 Å². The van der Waals surface area contributed by atoms with Crippen LogP contribution < -0.4 is 10.5 Å². The van der Waals surface area contributed by atoms with Crippen molar-refractivity contribution in [3.05, 3.63) is 58.6 Å². The van der Waals surface area contributed by atoms with Crippen molar-refractivity contribution in [1.82, 2.24) is 0 Å². The fraction of sp³-hybridized carbons (Fsp3) is 0.143. The summed E-state index contributed by atoms with van der Waals surface area (Å²) in [6.45, 7) is 2.40. The number of nitrogens with one attached hydrogen (secondary N) is 1. The van der Waals surface area contributed by atoms with Crippen LogP contribution in [0.3, 0.4) is 0 Å². The van der Waals surface area contributed by atoms with Gasteiger partial charge in [0.1, 0.15) is 0 Å². The van der Waals surface area contributed by atoms with Gasteiger partial charge in [-0.05, 0) is 36.2 Å². The van der Waals surface area contributed by atoms with Gasteiger partial charge in [0, 0.05) is 17.3 Å². The second-order valence-electron chi connectivity index (χ2n) is 4.47. The zero-order valence-electron chi connectivity index (χ0n) is 10.9. The van der Waals surface area contributed by atoms with Gasteiger partial charge in [0.25, 0.3) is 0 Å². The lowest BCUT2D eigenvalue weighted by atomic mass is 10.2. The van der Waals surface area contributed by atoms with Crippen LogP contribution in [0.25, 0.3) is 0 Å². The summed E-state index contributed by atoms with van der Waals surface area (Å²) in [6.07, 6.45) is 0. The highest BCUT2D eigenvalue weighted by Crippen LogP contribution is 2.22. The number of nitrogens with two attached hydrogens (primary N) is 1. The van der Waals surface area contributed by atoms with Crippen molar-refractivity contribution in [3.8, 4) is 0 Å². The number of halogens is 1. The van der Waals surface area contributed by atoms with E-state index in [2.05, 4.69) is 5.32 Å². The van der Waals surface area contributed by atoms with E-state index < -0.39 is 10.0 Å². The van der Waals surface area contributed by atoms with Gasteiger partial charge in [0.2, 0.25) is 10.0 Å². The Morgan fingerprint density at radius 2 is 1.90 bits per heavy atom. The Morgan fingerprint density at radius 1 is 1.20 bits per heavy atom. The molecule has 0 heterocycles. The van der Waals surface area contributed by atoms with Crippen LogP contribution >= 0.6 is 11.6 Å². The molecule has 0 fully saturated rings. The molecule has 0 atom stereocenters. The molecule has 0 aliphatic carbocycles. The second-order valence-corrected chi connectivity index (χ2v) is 6.44. The van der Waals surface area contributed by atoms with Gasteiger partial charge in [-0.3, -0.25) is 0 Å². The number of aryl methyl sites for hydroxylation is 1. The summed E-state index contributed by atoms with van der Waals surface area (Å²) in [5.41, 5.74) is 2.59. The van der Waals surface area contributed by atoms with Gasteiger partial charge < -0.3 is 5.32 Å². The molecule has 0 aliphatic heterocycles. The fourth-order valence-corrected chi connectivity index (χ4v) is 2.54. The monoisotopic (exact) mass is 310 g/mol. The average Bonchev–Trinajstić information content (AvgIpc) is 2.38. The Labute approximate surface area is 123 Å². The third kappa shape index (κ3) is 3.50. The lowest BCUT2D eigenvalue weighted by molar-refractivity contribution is 0.598. The highest BCUT2D eigenvalue weighted by atomic mass is 35.5. The molecule has 3 N–H and O–H groups in total. The largest absolute Gasteiger partial charge is 0.381 e. The number of rotatable bonds is 4. The van der Waals surface area contributed by atoms with Gasteiger partial charge in [0.15, 0.2) is 0 Å². The lowest BCUT2D eigenvalue weighted by Crippen LogP contribution is -2.13. The van der Waals surface area contributed by atoms with E-state index in [1.54, 1.807) is 6.07 Å². The standard InChI is InChI=1S/C14H15ClN2O2S/c1-10-6-7-12(20(16,18)19)8-14(10)17-9-11-4-2-3-5-13(11)15/h2-8,17H,9H2,1H3,(H2,16,18,19). The molecule has 0 amide bonds. The minimum absolute atomic E-state index is 0.0877. The van der Waals surface area contributed by atoms with Crippen LogP contribution in [0.1, 0.15) is 11.1 Å². The van der Waals surface area contributed by atoms with Crippen molar-refractivity contribution < 1.29 is 8.42 Å². The van der Waals surface area contributed by atoms with Crippen molar-refractivity contribution in [2.24, 2.45) is 5.14 Å². The van der Waals surface area contributed by atoms with Gasteiger partial charge in [-0.25, -0.2) is 13.6 Å². The lowest BCUT2D eigenvalue weighted by Gasteiger charge is -2.12. The van der Waals surface area contributed by atoms with E-state index >= 15 is 0 Å². The number of sulfonamides is 1. The maximum Gasteiger partial charge on any atom is 0.238 e. The summed E-state index contributed by atoms with van der Waals surface area (Å²) in [5.74, 6) is 0. The summed E-state index contributed by atoms with van der Waals surface area (Å²) in [7, 11) is -3.70. The minimum Gasteiger partial charge on any atom is -0.381 e. The van der Waals surface area contributed by atoms with Crippen LogP contribution in [0.2, 0.25) is 5.02 Å². The topological polar surface area (TPSA) is 72.2 Å². The summed E-state index contributed by atoms with van der Waals surface area (Å²) in [4.78, 5) is 0.0877. The van der Waals surface area contributed by atoms with Crippen LogP contribution in [0.5, 0.6) is 0 Å². The molecule has 20 heavy (non-hydrogen) atoms. The first-order chi connectivity index (χ1) is 9.38. The van der Waals surface area contributed by atoms with Gasteiger partial charge in [-0.1, -0.05) is 35.9 Å². The van der Waals surface area contributed by atoms with Crippen molar-refractivity contribution in [1.29, 1.82) is 0 Å². The average molecular weight is 311 g/mol. The molecule has 0 saturated heterocycles. The first kappa shape index (κ1) is 14.8. The Bertz CT molecular complexity index is 730. The van der Waals surface area contributed by atoms with E-state index in [9.17, 15) is 8.42 Å². The molecular formula is C14H15ClN2O2S. The third-order valence-corrected chi connectivity index (χ3v) is 4.24. The first-order valence-electron chi connectivity index (χ1n) is 5.98. The first-order valence-corrected chi connectivity index (χ1v) is 7.91. The van der Waals surface area contributed by atoms with E-state index in [-0.39, 0.29) is 4.90 Å². The zero-order chi connectivity index (χ0) is 14.8. The van der Waals surface area contributed by atoms with Crippen LogP contribution in [-0.4, -0.2) is 8.42 Å². The van der Waals surface area contributed by atoms with Crippen LogP contribution in [0.4, 0.5) is 5.69 Å². The van der Waals surface area contributed by atoms with Gasteiger partial charge in [0.05, 0.1) is 4.90 Å². The zero-order valence-corrected chi connectivity index (χ0v) is 12.5. The third-order valence-electron chi connectivity index (χ3n) is 2.96. The van der Waals surface area contributed by atoms with Crippen LogP contribution in [0.15, 0.2) is 47.4 Å². The molecule has 0 aromatic heterocycles. The van der Waals surface area contributed by atoms with Gasteiger partial charge in [-0.2, -0.15) is 0 Å². The summed E-state index contributed by atoms with van der Waals surface area (Å²) in [5, 5.41) is 8.98. The maximum absolute atomic E-state index is 11.4. The maximum atomic E-state index is 11.4. The highest BCUT2D eigenvalue weighted by molar-refractivity contribution is 7.89. The molecule has 0 saturated carbocycles. The Kier molecular flexibility index (Phi) is 4.32. The van der Waals surface area contributed by atoms with E-state index in [0.29, 0.717) is 11.6 Å². The predicted octanol–water partition coefficient (Wildman–Crippen LogP) is 2.91. The number of hydrogen-bond acceptors (Lipinski definition) is 3. The van der Waals surface area contributed by atoms with Crippen molar-refractivity contribution in [2.45, 2.75) is 18.4 Å². The Hall–Kier alpha value is -1.56. The minimum atomic E-state index is -3.70. The molecule has 0 unspecified atom stereocenters. The van der Waals surface area contributed by atoms with Gasteiger partial charge in [-0.15, -0.1) is 0 Å². The fourth-order valence-electron chi connectivity index (χ4n) is 1.80. The van der Waals surface area contributed by atoms with E-state index in [0.717, 1.165) is 16.8 Å². The predicted molar refractivity (Wildman–Crippen MR) is 81.3 cm³/mol. The molecule has 2 aromatic rings. The Balaban J connectivity index is 2.24. The molecule has 2 aromatic carbocycles. The molecule has 0 radical (unpaired) electrons. The molecule has 6 heteroatoms. The molecular weight excluding hydrogens is 296 g/mol. The molecule has 4 nitrogen and oxygen atoms in total. The highest BCUT2D eigenvalue weighted by Gasteiger charge is 2.10. The van der Waals surface area contributed by atoms with Crippen LogP contribution in [-0.2, 0) is 16.6 Å². The Morgan fingerprint density at radius 3 is 2.55 bits per heavy atom. The number of primary sulfonamides is 1. The number of benzene rings is 2. The van der Waals surface area contributed by atoms with E-state index in [4.69, 9.17) is 16.7 Å². The van der Waals surface area contributed by atoms with E-state index in [1.807, 2.05) is 31.2 Å². The molecule has 2 rings (SSSR count). The van der Waals surface area contributed by atoms with Gasteiger partial charge >= 0.3 is 0 Å². The second kappa shape index (κ2) is 5.83. The van der Waals surface area contributed by atoms with E-state index in [1.165, 1.54) is 12.1 Å². The summed E-state index contributed by atoms with van der Waals surface area (Å²) < 4.78 is 22.7. The molecule has 0 aliphatic rings. The molecule has 106 valence electrons. The van der Waals surface area contributed by atoms with Crippen LogP contribution in [0, 0.1) is 6.92 Å². The SMILES string of the molecule is Cc1ccc(S(N)(=O)=O)cc1NCc1ccccc1Cl. The number of anilines is 1. The quantitative estimate of drug-likeness (QED) is 0.912. The molecule has 0 spiro atoms. The summed E-state index contributed by atoms with van der Waals surface area (Å²) in [6, 6.07) is 12.2. The van der Waals surface area contributed by atoms with Crippen molar-refractivity contribution >= 4 is 27.3 Å². The smallest absolute Gasteiger partial charge is 0.238 e. The van der Waals surface area contributed by atoms with Crippen molar-refractivity contribution in [2.75, 3.05) is 5.32 Å². The number of hydrogen-bond donors (Lipinski definition) is 2. The normalized spacial score (nSPS) is 11.3. The summed E-state index contributed by atoms with van der Waals surface area (Å²) >= 11 is 6.08. The molecule has 0 bridgehead atoms.